The topological polar surface area (TPSA) is 13.1 Å². The van der Waals surface area contributed by atoms with Gasteiger partial charge >= 0.3 is 0 Å². The van der Waals surface area contributed by atoms with E-state index in [1.54, 1.807) is 0 Å². The number of fused-ring (bicyclic) bond motifs is 3. The summed E-state index contributed by atoms with van der Waals surface area (Å²) in [6.45, 7) is 11.0. The Morgan fingerprint density at radius 1 is 1.00 bits per heavy atom. The highest BCUT2D eigenvalue weighted by atomic mass is 16.5. The van der Waals surface area contributed by atoms with Gasteiger partial charge in [-0.25, -0.2) is 4.57 Å². The van der Waals surface area contributed by atoms with Crippen molar-refractivity contribution in [1.82, 2.24) is 0 Å². The third kappa shape index (κ3) is 2.73. The lowest BCUT2D eigenvalue weighted by Crippen LogP contribution is -2.31. The monoisotopic (exact) mass is 383 g/mol. The fourth-order valence-corrected chi connectivity index (χ4v) is 4.92. The van der Waals surface area contributed by atoms with E-state index in [1.807, 2.05) is 17.7 Å². The average Bonchev–Trinajstić information content (AvgIpc) is 2.65. The molecule has 0 atom stereocenters. The molecule has 0 bridgehead atoms. The van der Waals surface area contributed by atoms with Gasteiger partial charge in [-0.1, -0.05) is 37.6 Å². The van der Waals surface area contributed by atoms with Crippen LogP contribution in [0.2, 0.25) is 0 Å². The number of hydrogen-bond acceptors (Lipinski definition) is 1. The summed E-state index contributed by atoms with van der Waals surface area (Å²) < 4.78 is 17.2. The van der Waals surface area contributed by atoms with Gasteiger partial charge in [0, 0.05) is 6.07 Å². The highest BCUT2D eigenvalue weighted by Crippen LogP contribution is 2.49. The molecule has 0 radical (unpaired) electrons. The van der Waals surface area contributed by atoms with Gasteiger partial charge in [-0.15, -0.1) is 0 Å². The Kier molecular flexibility index (Phi) is 3.71. The summed E-state index contributed by atoms with van der Waals surface area (Å²) in [4.78, 5) is 0. The standard InChI is InChI=1S/C27H28NO/c1-15(2)9-19-12-20-7-8-28(6)27-25-18(5)22-11-16(3)10-17(4)21(22)14-24(25)29-23(13-19)26(20)27/h7-8,10-15H,9H2,1-6H3/q+1/i8D. The Labute approximate surface area is 174 Å². The van der Waals surface area contributed by atoms with Crippen LogP contribution in [0.5, 0.6) is 11.5 Å². The molecular weight excluding hydrogens is 354 g/mol. The molecule has 2 nitrogen and oxygen atoms in total. The maximum atomic E-state index is 8.62. The van der Waals surface area contributed by atoms with Gasteiger partial charge in [0.05, 0.1) is 10.9 Å². The molecule has 146 valence electrons. The Hall–Kier alpha value is -2.87. The van der Waals surface area contributed by atoms with Gasteiger partial charge in [-0.05, 0) is 78.1 Å². The maximum Gasteiger partial charge on any atom is 0.228 e. The zero-order valence-corrected chi connectivity index (χ0v) is 18.1. The Morgan fingerprint density at radius 3 is 2.55 bits per heavy atom. The zero-order chi connectivity index (χ0) is 21.3. The van der Waals surface area contributed by atoms with Gasteiger partial charge in [0.25, 0.3) is 0 Å². The van der Waals surface area contributed by atoms with Gasteiger partial charge in [0.2, 0.25) is 5.69 Å². The number of pyridine rings is 1. The molecule has 0 unspecified atom stereocenters. The van der Waals surface area contributed by atoms with E-state index in [-0.39, 0.29) is 0 Å². The normalized spacial score (nSPS) is 13.0. The molecule has 0 saturated carbocycles. The van der Waals surface area contributed by atoms with Crippen molar-refractivity contribution < 1.29 is 10.7 Å². The molecule has 29 heavy (non-hydrogen) atoms. The summed E-state index contributed by atoms with van der Waals surface area (Å²) in [7, 11) is 1.99. The number of ether oxygens (including phenoxy) is 1. The van der Waals surface area contributed by atoms with Crippen LogP contribution >= 0.6 is 0 Å². The number of aryl methyl sites for hydroxylation is 3. The molecule has 1 aliphatic rings. The summed E-state index contributed by atoms with van der Waals surface area (Å²) >= 11 is 0. The number of benzene rings is 3. The average molecular weight is 384 g/mol. The van der Waals surface area contributed by atoms with Crippen LogP contribution in [-0.4, -0.2) is 0 Å². The van der Waals surface area contributed by atoms with Crippen molar-refractivity contribution >= 4 is 21.5 Å². The van der Waals surface area contributed by atoms with Crippen LogP contribution in [-0.2, 0) is 13.5 Å². The first-order valence-corrected chi connectivity index (χ1v) is 10.4. The fraction of sp³-hybridized carbons (Fsp3) is 0.296. The SMILES string of the molecule is [2H]c1cc2cc(CC(C)C)cc3c2c([n+]1C)-c1c(cc2c(C)cc(C)cc2c1C)O3. The van der Waals surface area contributed by atoms with Crippen LogP contribution in [0.15, 0.2) is 42.6 Å². The molecule has 2 heterocycles. The van der Waals surface area contributed by atoms with E-state index in [1.165, 1.54) is 33.0 Å². The van der Waals surface area contributed by atoms with E-state index >= 15 is 0 Å². The van der Waals surface area contributed by atoms with Crippen molar-refractivity contribution in [1.29, 1.82) is 0 Å². The Balaban J connectivity index is 1.92. The summed E-state index contributed by atoms with van der Waals surface area (Å²) in [6.07, 6.45) is 1.51. The lowest BCUT2D eigenvalue weighted by Gasteiger charge is -2.23. The summed E-state index contributed by atoms with van der Waals surface area (Å²) in [5.74, 6) is 2.37. The van der Waals surface area contributed by atoms with E-state index in [0.29, 0.717) is 12.1 Å². The first-order chi connectivity index (χ1) is 14.2. The molecule has 4 aromatic rings. The van der Waals surface area contributed by atoms with Crippen LogP contribution in [0.25, 0.3) is 32.8 Å². The third-order valence-corrected chi connectivity index (χ3v) is 6.11. The van der Waals surface area contributed by atoms with Gasteiger partial charge in [0.1, 0.15) is 19.9 Å². The summed E-state index contributed by atoms with van der Waals surface area (Å²) in [5.41, 5.74) is 7.21. The van der Waals surface area contributed by atoms with Crippen molar-refractivity contribution in [3.8, 4) is 22.8 Å². The molecule has 2 heteroatoms. The molecule has 3 aromatic carbocycles. The van der Waals surface area contributed by atoms with Gasteiger partial charge in [-0.3, -0.25) is 0 Å². The molecule has 0 amide bonds. The van der Waals surface area contributed by atoms with Gasteiger partial charge in [-0.2, -0.15) is 0 Å². The lowest BCUT2D eigenvalue weighted by molar-refractivity contribution is -0.659. The van der Waals surface area contributed by atoms with E-state index in [9.17, 15) is 0 Å². The van der Waals surface area contributed by atoms with Crippen LogP contribution in [0.4, 0.5) is 0 Å². The molecule has 5 rings (SSSR count). The molecular formula is C27H28NO+. The van der Waals surface area contributed by atoms with Crippen molar-refractivity contribution in [3.05, 3.63) is 64.8 Å². The van der Waals surface area contributed by atoms with Crippen molar-refractivity contribution in [2.24, 2.45) is 13.0 Å². The zero-order valence-electron chi connectivity index (χ0n) is 19.1. The molecule has 1 aromatic heterocycles. The van der Waals surface area contributed by atoms with Crippen LogP contribution in [0.3, 0.4) is 0 Å². The van der Waals surface area contributed by atoms with E-state index in [4.69, 9.17) is 6.11 Å². The fourth-order valence-electron chi connectivity index (χ4n) is 4.92. The minimum absolute atomic E-state index is 0.512. The molecule has 0 aliphatic carbocycles. The third-order valence-electron chi connectivity index (χ3n) is 6.11. The Bertz CT molecular complexity index is 1370. The Morgan fingerprint density at radius 2 is 1.79 bits per heavy atom. The van der Waals surface area contributed by atoms with E-state index in [2.05, 4.69) is 65.0 Å². The lowest BCUT2D eigenvalue weighted by atomic mass is 9.89. The maximum absolute atomic E-state index is 8.62. The van der Waals surface area contributed by atoms with Gasteiger partial charge < -0.3 is 4.74 Å². The second-order valence-corrected chi connectivity index (χ2v) is 8.99. The minimum atomic E-state index is 0.512. The van der Waals surface area contributed by atoms with Crippen molar-refractivity contribution in [2.75, 3.05) is 0 Å². The number of rotatable bonds is 2. The van der Waals surface area contributed by atoms with Gasteiger partial charge in [0.15, 0.2) is 6.17 Å². The molecule has 0 spiro atoms. The van der Waals surface area contributed by atoms with Crippen LogP contribution in [0.1, 0.15) is 37.5 Å². The molecule has 1 aliphatic heterocycles. The highest BCUT2D eigenvalue weighted by Gasteiger charge is 2.30. The predicted octanol–water partition coefficient (Wildman–Crippen LogP) is 6.71. The quantitative estimate of drug-likeness (QED) is 0.309. The molecule has 0 fully saturated rings. The second-order valence-electron chi connectivity index (χ2n) is 8.99. The minimum Gasteiger partial charge on any atom is -0.456 e. The first kappa shape index (κ1) is 17.0. The predicted molar refractivity (Wildman–Crippen MR) is 121 cm³/mol. The van der Waals surface area contributed by atoms with Crippen LogP contribution < -0.4 is 9.30 Å². The largest absolute Gasteiger partial charge is 0.456 e. The number of aromatic nitrogens is 1. The van der Waals surface area contributed by atoms with E-state index in [0.717, 1.165) is 39.9 Å². The smallest absolute Gasteiger partial charge is 0.228 e. The highest BCUT2D eigenvalue weighted by molar-refractivity contribution is 6.06. The summed E-state index contributed by atoms with van der Waals surface area (Å²) in [5, 5.41) is 4.70. The van der Waals surface area contributed by atoms with E-state index < -0.39 is 0 Å². The number of hydrogen-bond donors (Lipinski definition) is 0. The molecule has 0 N–H and O–H groups in total. The van der Waals surface area contributed by atoms with Crippen molar-refractivity contribution in [3.63, 3.8) is 0 Å². The molecule has 0 saturated heterocycles. The van der Waals surface area contributed by atoms with Crippen molar-refractivity contribution in [2.45, 2.75) is 41.0 Å². The second kappa shape index (κ2) is 6.32. The van der Waals surface area contributed by atoms with Crippen LogP contribution in [0, 0.1) is 26.7 Å². The summed E-state index contributed by atoms with van der Waals surface area (Å²) in [6, 6.07) is 13.1. The first-order valence-electron chi connectivity index (χ1n) is 10.9. The number of nitrogens with zero attached hydrogens (tertiary/aromatic N) is 1.